The standard InChI is InChI=1S/C16H33N5O/c1-5-17-16(19-12-14-9-11-20(4)13-14)18-10-8-15(22)21(6-2)7-3/h14H,5-13H2,1-4H3,(H2,17,18,19). The zero-order valence-corrected chi connectivity index (χ0v) is 14.7. The Kier molecular flexibility index (Phi) is 8.89. The summed E-state index contributed by atoms with van der Waals surface area (Å²) in [4.78, 5) is 20.8. The van der Waals surface area contributed by atoms with Gasteiger partial charge in [-0.25, -0.2) is 0 Å². The van der Waals surface area contributed by atoms with E-state index in [0.717, 1.165) is 38.7 Å². The third kappa shape index (κ3) is 6.64. The quantitative estimate of drug-likeness (QED) is 0.513. The van der Waals surface area contributed by atoms with Crippen LogP contribution < -0.4 is 10.6 Å². The molecule has 22 heavy (non-hydrogen) atoms. The summed E-state index contributed by atoms with van der Waals surface area (Å²) >= 11 is 0. The molecule has 0 aromatic rings. The normalized spacial score (nSPS) is 19.3. The maximum Gasteiger partial charge on any atom is 0.224 e. The summed E-state index contributed by atoms with van der Waals surface area (Å²) in [5.41, 5.74) is 0. The predicted octanol–water partition coefficient (Wildman–Crippen LogP) is 0.752. The first-order valence-corrected chi connectivity index (χ1v) is 8.59. The van der Waals surface area contributed by atoms with Gasteiger partial charge in [0.15, 0.2) is 5.96 Å². The highest BCUT2D eigenvalue weighted by molar-refractivity contribution is 5.81. The summed E-state index contributed by atoms with van der Waals surface area (Å²) in [5.74, 6) is 1.67. The summed E-state index contributed by atoms with van der Waals surface area (Å²) < 4.78 is 0. The van der Waals surface area contributed by atoms with Crippen molar-refractivity contribution in [1.29, 1.82) is 0 Å². The van der Waals surface area contributed by atoms with Gasteiger partial charge >= 0.3 is 0 Å². The second kappa shape index (κ2) is 10.4. The van der Waals surface area contributed by atoms with Crippen molar-refractivity contribution in [1.82, 2.24) is 20.4 Å². The zero-order chi connectivity index (χ0) is 16.4. The van der Waals surface area contributed by atoms with Crippen LogP contribution in [0.3, 0.4) is 0 Å². The maximum atomic E-state index is 12.0. The van der Waals surface area contributed by atoms with E-state index >= 15 is 0 Å². The first-order chi connectivity index (χ1) is 10.6. The second-order valence-corrected chi connectivity index (χ2v) is 5.88. The molecule has 0 saturated carbocycles. The van der Waals surface area contributed by atoms with Crippen molar-refractivity contribution >= 4 is 11.9 Å². The van der Waals surface area contributed by atoms with E-state index in [4.69, 9.17) is 0 Å². The molecule has 2 N–H and O–H groups in total. The Hall–Kier alpha value is -1.30. The molecular weight excluding hydrogens is 278 g/mol. The first kappa shape index (κ1) is 18.7. The van der Waals surface area contributed by atoms with Crippen LogP contribution in [-0.2, 0) is 4.79 Å². The number of aliphatic imine (C=N–C) groups is 1. The molecule has 1 aliphatic heterocycles. The third-order valence-corrected chi connectivity index (χ3v) is 4.09. The molecule has 1 atom stereocenters. The lowest BCUT2D eigenvalue weighted by atomic mass is 10.1. The molecule has 6 nitrogen and oxygen atoms in total. The van der Waals surface area contributed by atoms with E-state index in [0.29, 0.717) is 18.9 Å². The minimum absolute atomic E-state index is 0.200. The Bertz CT molecular complexity index is 354. The number of rotatable bonds is 8. The molecular formula is C16H33N5O. The van der Waals surface area contributed by atoms with Gasteiger partial charge in [-0.05, 0) is 46.7 Å². The average molecular weight is 311 g/mol. The van der Waals surface area contributed by atoms with Gasteiger partial charge in [0.25, 0.3) is 0 Å². The SMILES string of the molecule is CCNC(=NCC1CCN(C)C1)NCCC(=O)N(CC)CC. The van der Waals surface area contributed by atoms with E-state index in [1.807, 2.05) is 18.7 Å². The number of hydrogen-bond acceptors (Lipinski definition) is 3. The van der Waals surface area contributed by atoms with Gasteiger partial charge in [-0.2, -0.15) is 0 Å². The molecule has 1 aliphatic rings. The molecule has 6 heteroatoms. The highest BCUT2D eigenvalue weighted by Crippen LogP contribution is 2.14. The minimum atomic E-state index is 0.200. The molecule has 0 aliphatic carbocycles. The Morgan fingerprint density at radius 1 is 1.27 bits per heavy atom. The highest BCUT2D eigenvalue weighted by atomic mass is 16.2. The molecule has 0 spiro atoms. The van der Waals surface area contributed by atoms with Crippen LogP contribution in [0.2, 0.25) is 0 Å². The second-order valence-electron chi connectivity index (χ2n) is 5.88. The molecule has 0 bridgehead atoms. The van der Waals surface area contributed by atoms with E-state index in [1.165, 1.54) is 13.0 Å². The number of carbonyl (C=O) groups excluding carboxylic acids is 1. The topological polar surface area (TPSA) is 60.0 Å². The number of guanidine groups is 1. The van der Waals surface area contributed by atoms with Crippen molar-refractivity contribution in [2.75, 3.05) is 52.9 Å². The van der Waals surface area contributed by atoms with Gasteiger partial charge in [-0.3, -0.25) is 9.79 Å². The molecule has 1 saturated heterocycles. The average Bonchev–Trinajstić information content (AvgIpc) is 2.91. The zero-order valence-electron chi connectivity index (χ0n) is 14.7. The Morgan fingerprint density at radius 2 is 2.00 bits per heavy atom. The van der Waals surface area contributed by atoms with E-state index in [1.54, 1.807) is 0 Å². The summed E-state index contributed by atoms with van der Waals surface area (Å²) in [6.07, 6.45) is 1.73. The molecule has 1 heterocycles. The lowest BCUT2D eigenvalue weighted by Crippen LogP contribution is -2.40. The molecule has 1 rings (SSSR count). The molecule has 0 aromatic carbocycles. The summed E-state index contributed by atoms with van der Waals surface area (Å²) in [7, 11) is 2.16. The van der Waals surface area contributed by atoms with Crippen LogP contribution >= 0.6 is 0 Å². The van der Waals surface area contributed by atoms with Crippen molar-refractivity contribution in [2.24, 2.45) is 10.9 Å². The minimum Gasteiger partial charge on any atom is -0.357 e. The number of nitrogens with one attached hydrogen (secondary N) is 2. The monoisotopic (exact) mass is 311 g/mol. The van der Waals surface area contributed by atoms with Crippen molar-refractivity contribution in [3.63, 3.8) is 0 Å². The van der Waals surface area contributed by atoms with E-state index in [-0.39, 0.29) is 5.91 Å². The van der Waals surface area contributed by atoms with Crippen LogP contribution in [0.4, 0.5) is 0 Å². The number of nitrogens with zero attached hydrogens (tertiary/aromatic N) is 3. The van der Waals surface area contributed by atoms with Crippen LogP contribution in [0.25, 0.3) is 0 Å². The highest BCUT2D eigenvalue weighted by Gasteiger charge is 2.18. The Balaban J connectivity index is 2.35. The predicted molar refractivity (Wildman–Crippen MR) is 92.1 cm³/mol. The van der Waals surface area contributed by atoms with Crippen LogP contribution in [0.15, 0.2) is 4.99 Å². The number of likely N-dealkylation sites (tertiary alicyclic amines) is 1. The van der Waals surface area contributed by atoms with Crippen LogP contribution in [0, 0.1) is 5.92 Å². The molecule has 0 aromatic heterocycles. The van der Waals surface area contributed by atoms with Crippen molar-refractivity contribution in [3.8, 4) is 0 Å². The molecule has 1 fully saturated rings. The summed E-state index contributed by atoms with van der Waals surface area (Å²) in [5, 5.41) is 6.52. The molecule has 1 amide bonds. The lowest BCUT2D eigenvalue weighted by molar-refractivity contribution is -0.130. The van der Waals surface area contributed by atoms with Crippen molar-refractivity contribution < 1.29 is 4.79 Å². The third-order valence-electron chi connectivity index (χ3n) is 4.09. The largest absolute Gasteiger partial charge is 0.357 e. The van der Waals surface area contributed by atoms with E-state index in [9.17, 15) is 4.79 Å². The number of amides is 1. The van der Waals surface area contributed by atoms with Gasteiger partial charge in [0.2, 0.25) is 5.91 Å². The summed E-state index contributed by atoms with van der Waals surface area (Å²) in [6, 6.07) is 0. The fraction of sp³-hybridized carbons (Fsp3) is 0.875. The van der Waals surface area contributed by atoms with Gasteiger partial charge < -0.3 is 20.4 Å². The smallest absolute Gasteiger partial charge is 0.224 e. The van der Waals surface area contributed by atoms with Crippen molar-refractivity contribution in [3.05, 3.63) is 0 Å². The first-order valence-electron chi connectivity index (χ1n) is 8.59. The molecule has 128 valence electrons. The van der Waals surface area contributed by atoms with Crippen LogP contribution in [0.1, 0.15) is 33.6 Å². The Morgan fingerprint density at radius 3 is 2.55 bits per heavy atom. The number of hydrogen-bond donors (Lipinski definition) is 2. The van der Waals surface area contributed by atoms with E-state index < -0.39 is 0 Å². The van der Waals surface area contributed by atoms with Gasteiger partial charge in [0.05, 0.1) is 0 Å². The molecule has 1 unspecified atom stereocenters. The lowest BCUT2D eigenvalue weighted by Gasteiger charge is -2.19. The molecule has 0 radical (unpaired) electrons. The summed E-state index contributed by atoms with van der Waals surface area (Å²) in [6.45, 7) is 12.2. The fourth-order valence-electron chi connectivity index (χ4n) is 2.76. The van der Waals surface area contributed by atoms with Crippen LogP contribution in [-0.4, -0.2) is 74.5 Å². The van der Waals surface area contributed by atoms with Gasteiger partial charge in [0, 0.05) is 45.7 Å². The van der Waals surface area contributed by atoms with Gasteiger partial charge in [-0.1, -0.05) is 0 Å². The Labute approximate surface area is 135 Å². The van der Waals surface area contributed by atoms with Crippen LogP contribution in [0.5, 0.6) is 0 Å². The van der Waals surface area contributed by atoms with Crippen molar-refractivity contribution in [2.45, 2.75) is 33.6 Å². The number of carbonyl (C=O) groups is 1. The maximum absolute atomic E-state index is 12.0. The fourth-order valence-corrected chi connectivity index (χ4v) is 2.76. The van der Waals surface area contributed by atoms with Gasteiger partial charge in [-0.15, -0.1) is 0 Å². The van der Waals surface area contributed by atoms with Gasteiger partial charge in [0.1, 0.15) is 0 Å². The van der Waals surface area contributed by atoms with E-state index in [2.05, 4.69) is 34.5 Å².